The summed E-state index contributed by atoms with van der Waals surface area (Å²) in [4.78, 5) is 4.54. The van der Waals surface area contributed by atoms with Crippen molar-refractivity contribution in [1.29, 1.82) is 0 Å². The van der Waals surface area contributed by atoms with E-state index in [1.54, 1.807) is 18.2 Å². The lowest BCUT2D eigenvalue weighted by Crippen LogP contribution is -2.03. The Kier molecular flexibility index (Phi) is 3.55. The Labute approximate surface area is 127 Å². The van der Waals surface area contributed by atoms with Gasteiger partial charge in [0.2, 0.25) is 0 Å². The number of hydrogen-bond acceptors (Lipinski definition) is 2. The third-order valence-electron chi connectivity index (χ3n) is 3.43. The van der Waals surface area contributed by atoms with Gasteiger partial charge in [0.15, 0.2) is 0 Å². The molecule has 1 aromatic heterocycles. The van der Waals surface area contributed by atoms with Gasteiger partial charge < -0.3 is 10.3 Å². The molecular weight excluding hydrogens is 289 g/mol. The highest BCUT2D eigenvalue weighted by atomic mass is 35.5. The quantitative estimate of drug-likeness (QED) is 0.725. The second-order valence-electron chi connectivity index (χ2n) is 4.92. The van der Waals surface area contributed by atoms with Crippen molar-refractivity contribution in [1.82, 2.24) is 9.55 Å². The zero-order valence-corrected chi connectivity index (χ0v) is 12.4. The van der Waals surface area contributed by atoms with E-state index < -0.39 is 0 Å². The summed E-state index contributed by atoms with van der Waals surface area (Å²) in [6.45, 7) is 2.80. The van der Waals surface area contributed by atoms with Crippen molar-refractivity contribution in [2.45, 2.75) is 19.9 Å². The maximum absolute atomic E-state index is 14.2. The molecule has 2 aromatic carbocycles. The Morgan fingerprint density at radius 2 is 2.10 bits per heavy atom. The number of nitrogens with two attached hydrogens (primary N) is 1. The number of rotatable bonds is 3. The van der Waals surface area contributed by atoms with Gasteiger partial charge in [0.25, 0.3) is 0 Å². The minimum Gasteiger partial charge on any atom is -0.398 e. The number of imidazole rings is 1. The summed E-state index contributed by atoms with van der Waals surface area (Å²) in [6, 6.07) is 10.2. The monoisotopic (exact) mass is 303 g/mol. The van der Waals surface area contributed by atoms with Crippen LogP contribution >= 0.6 is 11.6 Å². The lowest BCUT2D eigenvalue weighted by Gasteiger charge is -2.10. The van der Waals surface area contributed by atoms with Crippen molar-refractivity contribution in [3.63, 3.8) is 0 Å². The van der Waals surface area contributed by atoms with Crippen molar-refractivity contribution in [2.24, 2.45) is 0 Å². The van der Waals surface area contributed by atoms with Crippen LogP contribution in [0, 0.1) is 5.82 Å². The van der Waals surface area contributed by atoms with Crippen LogP contribution in [0.1, 0.15) is 13.3 Å². The molecule has 0 aliphatic rings. The highest BCUT2D eigenvalue weighted by Gasteiger charge is 2.18. The third kappa shape index (κ3) is 2.36. The van der Waals surface area contributed by atoms with Gasteiger partial charge in [0.05, 0.1) is 16.6 Å². The predicted octanol–water partition coefficient (Wildman–Crippen LogP) is 4.49. The maximum atomic E-state index is 14.2. The summed E-state index contributed by atoms with van der Waals surface area (Å²) in [5, 5.41) is 0.608. The van der Waals surface area contributed by atoms with Crippen LogP contribution in [-0.2, 0) is 6.54 Å². The normalized spacial score (nSPS) is 11.2. The van der Waals surface area contributed by atoms with Crippen LogP contribution in [0.2, 0.25) is 5.02 Å². The number of nitrogens with zero attached hydrogens (tertiary/aromatic N) is 2. The summed E-state index contributed by atoms with van der Waals surface area (Å²) in [5.74, 6) is 0.179. The average Bonchev–Trinajstić information content (AvgIpc) is 2.77. The summed E-state index contributed by atoms with van der Waals surface area (Å²) in [6.07, 6.45) is 0.912. The molecule has 0 spiro atoms. The van der Waals surface area contributed by atoms with Gasteiger partial charge in [0, 0.05) is 17.3 Å². The first-order chi connectivity index (χ1) is 10.1. The first-order valence-electron chi connectivity index (χ1n) is 6.82. The molecule has 3 aromatic rings. The largest absolute Gasteiger partial charge is 0.398 e. The molecule has 0 aliphatic heterocycles. The van der Waals surface area contributed by atoms with Crippen molar-refractivity contribution >= 4 is 28.3 Å². The summed E-state index contributed by atoms with van der Waals surface area (Å²) >= 11 is 6.02. The molecule has 0 unspecified atom stereocenters. The highest BCUT2D eigenvalue weighted by Crippen LogP contribution is 2.32. The summed E-state index contributed by atoms with van der Waals surface area (Å²) in [5.41, 5.74) is 8.35. The van der Waals surface area contributed by atoms with Crippen LogP contribution in [0.3, 0.4) is 0 Å². The van der Waals surface area contributed by atoms with E-state index in [9.17, 15) is 4.39 Å². The molecule has 1 heterocycles. The SMILES string of the molecule is CCCn1c(-c2c(N)cccc2F)nc2cc(Cl)ccc21. The fourth-order valence-corrected chi connectivity index (χ4v) is 2.69. The van der Waals surface area contributed by atoms with Gasteiger partial charge in [-0.2, -0.15) is 0 Å². The Hall–Kier alpha value is -2.07. The van der Waals surface area contributed by atoms with Crippen molar-refractivity contribution in [3.8, 4) is 11.4 Å². The van der Waals surface area contributed by atoms with Gasteiger partial charge >= 0.3 is 0 Å². The van der Waals surface area contributed by atoms with E-state index in [1.807, 2.05) is 16.7 Å². The molecule has 0 fully saturated rings. The number of nitrogen functional groups attached to an aromatic ring is 1. The van der Waals surface area contributed by atoms with E-state index in [4.69, 9.17) is 17.3 Å². The van der Waals surface area contributed by atoms with E-state index in [2.05, 4.69) is 11.9 Å². The van der Waals surface area contributed by atoms with Gasteiger partial charge in [0.1, 0.15) is 11.6 Å². The molecule has 0 amide bonds. The second kappa shape index (κ2) is 5.37. The number of aryl methyl sites for hydroxylation is 1. The minimum atomic E-state index is -0.367. The number of fused-ring (bicyclic) bond motifs is 1. The molecule has 0 atom stereocenters. The zero-order chi connectivity index (χ0) is 15.0. The molecule has 0 saturated carbocycles. The van der Waals surface area contributed by atoms with Crippen molar-refractivity contribution in [3.05, 3.63) is 47.2 Å². The average molecular weight is 304 g/mol. The van der Waals surface area contributed by atoms with E-state index in [0.29, 0.717) is 22.1 Å². The van der Waals surface area contributed by atoms with E-state index >= 15 is 0 Å². The lowest BCUT2D eigenvalue weighted by atomic mass is 10.1. The summed E-state index contributed by atoms with van der Waals surface area (Å²) in [7, 11) is 0. The smallest absolute Gasteiger partial charge is 0.146 e. The number of anilines is 1. The lowest BCUT2D eigenvalue weighted by molar-refractivity contribution is 0.626. The van der Waals surface area contributed by atoms with Crippen LogP contribution in [0.15, 0.2) is 36.4 Å². The number of aromatic nitrogens is 2. The van der Waals surface area contributed by atoms with E-state index in [1.165, 1.54) is 6.07 Å². The molecule has 0 aliphatic carbocycles. The standard InChI is InChI=1S/C16H15ClFN3/c1-2-8-21-14-7-6-10(17)9-13(14)20-16(21)15-11(18)4-3-5-12(15)19/h3-7,9H,2,8,19H2,1H3. The molecule has 108 valence electrons. The molecule has 3 nitrogen and oxygen atoms in total. The van der Waals surface area contributed by atoms with Gasteiger partial charge in [-0.25, -0.2) is 9.37 Å². The molecule has 0 bridgehead atoms. The first-order valence-corrected chi connectivity index (χ1v) is 7.19. The Bertz CT molecular complexity index is 790. The molecule has 0 saturated heterocycles. The first kappa shape index (κ1) is 13.9. The molecule has 21 heavy (non-hydrogen) atoms. The maximum Gasteiger partial charge on any atom is 0.146 e. The predicted molar refractivity (Wildman–Crippen MR) is 84.8 cm³/mol. The second-order valence-corrected chi connectivity index (χ2v) is 5.36. The highest BCUT2D eigenvalue weighted by molar-refractivity contribution is 6.31. The van der Waals surface area contributed by atoms with Crippen LogP contribution < -0.4 is 5.73 Å². The minimum absolute atomic E-state index is 0.346. The van der Waals surface area contributed by atoms with Crippen molar-refractivity contribution < 1.29 is 4.39 Å². The molecule has 0 radical (unpaired) electrons. The van der Waals surface area contributed by atoms with Crippen LogP contribution in [0.4, 0.5) is 10.1 Å². The van der Waals surface area contributed by atoms with Gasteiger partial charge in [-0.3, -0.25) is 0 Å². The zero-order valence-electron chi connectivity index (χ0n) is 11.6. The van der Waals surface area contributed by atoms with E-state index in [-0.39, 0.29) is 5.82 Å². The Balaban J connectivity index is 2.33. The number of hydrogen-bond donors (Lipinski definition) is 1. The van der Waals surface area contributed by atoms with Gasteiger partial charge in [-0.15, -0.1) is 0 Å². The fraction of sp³-hybridized carbons (Fsp3) is 0.188. The van der Waals surface area contributed by atoms with Gasteiger partial charge in [-0.1, -0.05) is 24.6 Å². The third-order valence-corrected chi connectivity index (χ3v) is 3.66. The van der Waals surface area contributed by atoms with Crippen LogP contribution in [0.25, 0.3) is 22.4 Å². The topological polar surface area (TPSA) is 43.8 Å². The summed E-state index contributed by atoms with van der Waals surface area (Å²) < 4.78 is 16.2. The van der Waals surface area contributed by atoms with Crippen molar-refractivity contribution in [2.75, 3.05) is 5.73 Å². The van der Waals surface area contributed by atoms with Gasteiger partial charge in [-0.05, 0) is 36.8 Å². The molecule has 5 heteroatoms. The van der Waals surface area contributed by atoms with Crippen LogP contribution in [-0.4, -0.2) is 9.55 Å². The van der Waals surface area contributed by atoms with Crippen LogP contribution in [0.5, 0.6) is 0 Å². The fourth-order valence-electron chi connectivity index (χ4n) is 2.52. The Morgan fingerprint density at radius 3 is 2.81 bits per heavy atom. The van der Waals surface area contributed by atoms with E-state index in [0.717, 1.165) is 24.0 Å². The number of halogens is 2. The Morgan fingerprint density at radius 1 is 1.29 bits per heavy atom. The number of benzene rings is 2. The molecular formula is C16H15ClFN3. The molecule has 2 N–H and O–H groups in total. The molecule has 3 rings (SSSR count).